The SMILES string of the molecule is CCN(C)CC[C@@H]1NC(=O)[C@H](C)N1C. The highest BCUT2D eigenvalue weighted by Crippen LogP contribution is 2.12. The predicted molar refractivity (Wildman–Crippen MR) is 56.9 cm³/mol. The first-order valence-electron chi connectivity index (χ1n) is 5.27. The molecule has 1 aliphatic rings. The molecular formula is C10H21N3O. The van der Waals surface area contributed by atoms with Gasteiger partial charge in [-0.3, -0.25) is 9.69 Å². The van der Waals surface area contributed by atoms with Gasteiger partial charge in [0.2, 0.25) is 5.91 Å². The van der Waals surface area contributed by atoms with Crippen molar-refractivity contribution in [3.8, 4) is 0 Å². The zero-order valence-corrected chi connectivity index (χ0v) is 9.58. The fourth-order valence-electron chi connectivity index (χ4n) is 1.62. The van der Waals surface area contributed by atoms with Gasteiger partial charge in [-0.1, -0.05) is 6.92 Å². The number of rotatable bonds is 4. The van der Waals surface area contributed by atoms with E-state index in [1.807, 2.05) is 14.0 Å². The second kappa shape index (κ2) is 4.75. The van der Waals surface area contributed by atoms with Crippen molar-refractivity contribution in [1.29, 1.82) is 0 Å². The van der Waals surface area contributed by atoms with E-state index < -0.39 is 0 Å². The summed E-state index contributed by atoms with van der Waals surface area (Å²) >= 11 is 0. The molecule has 1 saturated heterocycles. The number of carbonyl (C=O) groups is 1. The van der Waals surface area contributed by atoms with E-state index in [9.17, 15) is 4.79 Å². The largest absolute Gasteiger partial charge is 0.339 e. The summed E-state index contributed by atoms with van der Waals surface area (Å²) in [6, 6.07) is 0.0203. The quantitative estimate of drug-likeness (QED) is 0.698. The first-order chi connectivity index (χ1) is 6.56. The molecule has 0 saturated carbocycles. The smallest absolute Gasteiger partial charge is 0.238 e. The number of hydrogen-bond acceptors (Lipinski definition) is 3. The maximum absolute atomic E-state index is 11.3. The van der Waals surface area contributed by atoms with Crippen LogP contribution in [0.15, 0.2) is 0 Å². The van der Waals surface area contributed by atoms with Crippen molar-refractivity contribution in [3.63, 3.8) is 0 Å². The van der Waals surface area contributed by atoms with Gasteiger partial charge in [-0.15, -0.1) is 0 Å². The van der Waals surface area contributed by atoms with Gasteiger partial charge in [0, 0.05) is 6.54 Å². The van der Waals surface area contributed by atoms with E-state index in [0.29, 0.717) is 0 Å². The van der Waals surface area contributed by atoms with Gasteiger partial charge in [-0.25, -0.2) is 0 Å². The van der Waals surface area contributed by atoms with Gasteiger partial charge in [-0.2, -0.15) is 0 Å². The van der Waals surface area contributed by atoms with Gasteiger partial charge in [-0.05, 0) is 34.0 Å². The molecule has 1 N–H and O–H groups in total. The van der Waals surface area contributed by atoms with Crippen LogP contribution in [0.1, 0.15) is 20.3 Å². The van der Waals surface area contributed by atoms with Crippen LogP contribution in [0.5, 0.6) is 0 Å². The lowest BCUT2D eigenvalue weighted by atomic mass is 10.3. The Labute approximate surface area is 86.2 Å². The number of amides is 1. The first kappa shape index (κ1) is 11.5. The summed E-state index contributed by atoms with van der Waals surface area (Å²) < 4.78 is 0. The lowest BCUT2D eigenvalue weighted by molar-refractivity contribution is -0.120. The third kappa shape index (κ3) is 2.45. The van der Waals surface area contributed by atoms with E-state index in [1.165, 1.54) is 0 Å². The summed E-state index contributed by atoms with van der Waals surface area (Å²) in [5, 5.41) is 2.99. The zero-order valence-electron chi connectivity index (χ0n) is 9.58. The molecule has 4 nitrogen and oxygen atoms in total. The summed E-state index contributed by atoms with van der Waals surface area (Å²) in [6.45, 7) is 6.16. The molecular weight excluding hydrogens is 178 g/mol. The van der Waals surface area contributed by atoms with Gasteiger partial charge in [0.15, 0.2) is 0 Å². The van der Waals surface area contributed by atoms with Crippen molar-refractivity contribution in [2.75, 3.05) is 27.2 Å². The van der Waals surface area contributed by atoms with Crippen LogP contribution < -0.4 is 5.32 Å². The van der Waals surface area contributed by atoms with Crippen molar-refractivity contribution >= 4 is 5.91 Å². The van der Waals surface area contributed by atoms with E-state index in [4.69, 9.17) is 0 Å². The predicted octanol–water partition coefficient (Wildman–Crippen LogP) is 0.104. The summed E-state index contributed by atoms with van der Waals surface area (Å²) in [5.41, 5.74) is 0. The van der Waals surface area contributed by atoms with E-state index >= 15 is 0 Å². The number of hydrogen-bond donors (Lipinski definition) is 1. The highest BCUT2D eigenvalue weighted by Gasteiger charge is 2.33. The molecule has 0 aliphatic carbocycles. The number of nitrogens with zero attached hydrogens (tertiary/aromatic N) is 2. The van der Waals surface area contributed by atoms with Gasteiger partial charge in [0.25, 0.3) is 0 Å². The average Bonchev–Trinajstić information content (AvgIpc) is 2.42. The lowest BCUT2D eigenvalue weighted by Crippen LogP contribution is -2.37. The summed E-state index contributed by atoms with van der Waals surface area (Å²) in [7, 11) is 4.10. The Balaban J connectivity index is 2.36. The molecule has 0 radical (unpaired) electrons. The fourth-order valence-corrected chi connectivity index (χ4v) is 1.62. The Kier molecular flexibility index (Phi) is 3.89. The van der Waals surface area contributed by atoms with Crippen molar-refractivity contribution in [2.24, 2.45) is 0 Å². The molecule has 2 atom stereocenters. The highest BCUT2D eigenvalue weighted by atomic mass is 16.2. The number of likely N-dealkylation sites (N-methyl/N-ethyl adjacent to an activating group) is 1. The molecule has 1 aliphatic heterocycles. The molecule has 1 amide bonds. The summed E-state index contributed by atoms with van der Waals surface area (Å²) in [6.07, 6.45) is 1.21. The Morgan fingerprint density at radius 3 is 2.64 bits per heavy atom. The van der Waals surface area contributed by atoms with E-state index in [1.54, 1.807) is 0 Å². The third-order valence-corrected chi connectivity index (χ3v) is 3.11. The van der Waals surface area contributed by atoms with Gasteiger partial charge >= 0.3 is 0 Å². The minimum Gasteiger partial charge on any atom is -0.339 e. The highest BCUT2D eigenvalue weighted by molar-refractivity contribution is 5.83. The minimum absolute atomic E-state index is 0.0203. The Morgan fingerprint density at radius 2 is 2.21 bits per heavy atom. The Hall–Kier alpha value is -0.610. The normalized spacial score (nSPS) is 28.5. The van der Waals surface area contributed by atoms with Crippen LogP contribution in [0.25, 0.3) is 0 Å². The molecule has 0 aromatic heterocycles. The zero-order chi connectivity index (χ0) is 10.7. The van der Waals surface area contributed by atoms with E-state index in [-0.39, 0.29) is 18.1 Å². The van der Waals surface area contributed by atoms with Crippen LogP contribution in [0.4, 0.5) is 0 Å². The van der Waals surface area contributed by atoms with Crippen molar-refractivity contribution in [1.82, 2.24) is 15.1 Å². The lowest BCUT2D eigenvalue weighted by Gasteiger charge is -2.23. The van der Waals surface area contributed by atoms with Crippen molar-refractivity contribution in [3.05, 3.63) is 0 Å². The molecule has 0 aromatic rings. The van der Waals surface area contributed by atoms with Crippen LogP contribution in [0.2, 0.25) is 0 Å². The second-order valence-electron chi connectivity index (χ2n) is 4.05. The average molecular weight is 199 g/mol. The molecule has 0 unspecified atom stereocenters. The monoisotopic (exact) mass is 199 g/mol. The number of carbonyl (C=O) groups excluding carboxylic acids is 1. The number of nitrogens with one attached hydrogen (secondary N) is 1. The van der Waals surface area contributed by atoms with Crippen LogP contribution in [-0.2, 0) is 4.79 Å². The van der Waals surface area contributed by atoms with Gasteiger partial charge < -0.3 is 10.2 Å². The van der Waals surface area contributed by atoms with Gasteiger partial charge in [0.05, 0.1) is 12.2 Å². The fraction of sp³-hybridized carbons (Fsp3) is 0.900. The topological polar surface area (TPSA) is 35.6 Å². The molecule has 1 rings (SSSR count). The summed E-state index contributed by atoms with van der Waals surface area (Å²) in [5.74, 6) is 0.150. The van der Waals surface area contributed by atoms with Crippen LogP contribution in [-0.4, -0.2) is 55.1 Å². The molecule has 0 spiro atoms. The molecule has 0 bridgehead atoms. The van der Waals surface area contributed by atoms with Crippen molar-refractivity contribution in [2.45, 2.75) is 32.5 Å². The molecule has 0 aromatic carbocycles. The van der Waals surface area contributed by atoms with Crippen LogP contribution in [0, 0.1) is 0 Å². The maximum atomic E-state index is 11.3. The van der Waals surface area contributed by atoms with Crippen molar-refractivity contribution < 1.29 is 4.79 Å². The first-order valence-corrected chi connectivity index (χ1v) is 5.27. The Bertz CT molecular complexity index is 208. The van der Waals surface area contributed by atoms with E-state index in [2.05, 4.69) is 29.1 Å². The van der Waals surface area contributed by atoms with Gasteiger partial charge in [0.1, 0.15) is 0 Å². The van der Waals surface area contributed by atoms with E-state index in [0.717, 1.165) is 19.5 Å². The summed E-state index contributed by atoms with van der Waals surface area (Å²) in [4.78, 5) is 15.7. The third-order valence-electron chi connectivity index (χ3n) is 3.11. The standard InChI is InChI=1S/C10H21N3O/c1-5-12(3)7-6-9-11-10(14)8(2)13(9)4/h8-9H,5-7H2,1-4H3,(H,11,14)/t8-,9+/m0/s1. The molecule has 1 fully saturated rings. The molecule has 4 heteroatoms. The molecule has 14 heavy (non-hydrogen) atoms. The minimum atomic E-state index is 0.0203. The molecule has 82 valence electrons. The Morgan fingerprint density at radius 1 is 1.57 bits per heavy atom. The second-order valence-corrected chi connectivity index (χ2v) is 4.05. The van der Waals surface area contributed by atoms with Crippen LogP contribution in [0.3, 0.4) is 0 Å². The van der Waals surface area contributed by atoms with Crippen LogP contribution >= 0.6 is 0 Å². The maximum Gasteiger partial charge on any atom is 0.238 e. The molecule has 1 heterocycles.